The van der Waals surface area contributed by atoms with Gasteiger partial charge in [0.05, 0.1) is 5.69 Å². The third-order valence-electron chi connectivity index (χ3n) is 6.13. The van der Waals surface area contributed by atoms with Gasteiger partial charge in [0.15, 0.2) is 0 Å². The Morgan fingerprint density at radius 2 is 1.93 bits per heavy atom. The lowest BCUT2D eigenvalue weighted by atomic mass is 9.95. The second-order valence-electron chi connectivity index (χ2n) is 8.10. The lowest BCUT2D eigenvalue weighted by Crippen LogP contribution is -2.36. The summed E-state index contributed by atoms with van der Waals surface area (Å²) in [4.78, 5) is 25.6. The van der Waals surface area contributed by atoms with E-state index in [9.17, 15) is 4.79 Å². The molecule has 0 atom stereocenters. The number of likely N-dealkylation sites (tertiary alicyclic amines) is 1. The van der Waals surface area contributed by atoms with E-state index in [1.165, 1.54) is 18.5 Å². The van der Waals surface area contributed by atoms with Crippen molar-refractivity contribution in [3.05, 3.63) is 59.2 Å². The predicted molar refractivity (Wildman–Crippen MR) is 110 cm³/mol. The van der Waals surface area contributed by atoms with Gasteiger partial charge in [-0.2, -0.15) is 0 Å². The predicted octanol–water partition coefficient (Wildman–Crippen LogP) is 3.19. The van der Waals surface area contributed by atoms with Crippen LogP contribution in [-0.2, 0) is 24.2 Å². The van der Waals surface area contributed by atoms with Gasteiger partial charge in [-0.1, -0.05) is 30.3 Å². The molecule has 2 aliphatic heterocycles. The fourth-order valence-corrected chi connectivity index (χ4v) is 4.36. The average Bonchev–Trinajstić information content (AvgIpc) is 2.74. The molecule has 0 unspecified atom stereocenters. The van der Waals surface area contributed by atoms with Crippen LogP contribution in [0.1, 0.15) is 54.7 Å². The quantitative estimate of drug-likeness (QED) is 0.802. The van der Waals surface area contributed by atoms with Gasteiger partial charge < -0.3 is 9.80 Å². The van der Waals surface area contributed by atoms with Crippen LogP contribution in [-0.4, -0.2) is 51.9 Å². The van der Waals surface area contributed by atoms with Crippen LogP contribution in [0.5, 0.6) is 0 Å². The number of aryl methyl sites for hydroxylation is 1. The van der Waals surface area contributed by atoms with Gasteiger partial charge in [0.2, 0.25) is 5.91 Å². The number of nitrogens with zero attached hydrogens (tertiary/aromatic N) is 4. The minimum Gasteiger partial charge on any atom is -0.338 e. The van der Waals surface area contributed by atoms with Crippen molar-refractivity contribution in [1.29, 1.82) is 0 Å². The van der Waals surface area contributed by atoms with Gasteiger partial charge in [-0.05, 0) is 50.9 Å². The molecule has 2 aliphatic rings. The van der Waals surface area contributed by atoms with E-state index in [2.05, 4.69) is 40.2 Å². The Labute approximate surface area is 167 Å². The topological polar surface area (TPSA) is 49.3 Å². The summed E-state index contributed by atoms with van der Waals surface area (Å²) in [6.45, 7) is 6.51. The number of rotatable bonds is 5. The zero-order chi connectivity index (χ0) is 19.3. The second-order valence-corrected chi connectivity index (χ2v) is 8.10. The molecule has 0 radical (unpaired) electrons. The third kappa shape index (κ3) is 4.58. The Morgan fingerprint density at radius 3 is 2.68 bits per heavy atom. The van der Waals surface area contributed by atoms with Crippen LogP contribution >= 0.6 is 0 Å². The number of amides is 1. The first kappa shape index (κ1) is 19.1. The largest absolute Gasteiger partial charge is 0.338 e. The first-order valence-electron chi connectivity index (χ1n) is 10.6. The van der Waals surface area contributed by atoms with E-state index in [0.29, 0.717) is 12.5 Å². The Hall–Kier alpha value is -2.27. The molecule has 0 spiro atoms. The summed E-state index contributed by atoms with van der Waals surface area (Å²) < 4.78 is 0. The number of hydrogen-bond donors (Lipinski definition) is 0. The van der Waals surface area contributed by atoms with E-state index in [4.69, 9.17) is 4.98 Å². The number of carbonyl (C=O) groups excluding carboxylic acids is 1. The van der Waals surface area contributed by atoms with Crippen molar-refractivity contribution in [2.45, 2.75) is 51.5 Å². The third-order valence-corrected chi connectivity index (χ3v) is 6.13. The first-order chi connectivity index (χ1) is 13.7. The Bertz CT molecular complexity index is 800. The van der Waals surface area contributed by atoms with Crippen molar-refractivity contribution in [1.82, 2.24) is 19.8 Å². The van der Waals surface area contributed by atoms with Crippen LogP contribution in [0.4, 0.5) is 0 Å². The molecule has 1 saturated heterocycles. The highest BCUT2D eigenvalue weighted by molar-refractivity contribution is 5.73. The van der Waals surface area contributed by atoms with Gasteiger partial charge in [-0.15, -0.1) is 0 Å². The monoisotopic (exact) mass is 378 g/mol. The average molecular weight is 379 g/mol. The van der Waals surface area contributed by atoms with E-state index >= 15 is 0 Å². The van der Waals surface area contributed by atoms with Gasteiger partial charge in [0.25, 0.3) is 0 Å². The molecule has 4 rings (SSSR count). The lowest BCUT2D eigenvalue weighted by molar-refractivity contribution is -0.129. The fourth-order valence-electron chi connectivity index (χ4n) is 4.36. The maximum atomic E-state index is 11.6. The van der Waals surface area contributed by atoms with Gasteiger partial charge in [-0.25, -0.2) is 9.97 Å². The van der Waals surface area contributed by atoms with Crippen molar-refractivity contribution in [2.75, 3.05) is 26.2 Å². The van der Waals surface area contributed by atoms with Gasteiger partial charge in [0.1, 0.15) is 5.82 Å². The summed E-state index contributed by atoms with van der Waals surface area (Å²) in [5, 5.41) is 0. The highest BCUT2D eigenvalue weighted by Crippen LogP contribution is 2.27. The van der Waals surface area contributed by atoms with Crippen LogP contribution in [0.15, 0.2) is 36.5 Å². The van der Waals surface area contributed by atoms with E-state index in [1.807, 2.05) is 11.1 Å². The minimum atomic E-state index is 0.134. The Balaban J connectivity index is 1.26. The molecule has 28 heavy (non-hydrogen) atoms. The van der Waals surface area contributed by atoms with E-state index < -0.39 is 0 Å². The standard InChI is InChI=1S/C23H30N4O/c1-18(28)27-15-11-22-21(17-27)16-24-23(25-22)20-9-13-26(14-10-20)12-5-8-19-6-3-2-4-7-19/h2-4,6-7,16,20H,5,8-15,17H2,1H3. The summed E-state index contributed by atoms with van der Waals surface area (Å²) in [5.74, 6) is 1.62. The molecule has 1 fully saturated rings. The smallest absolute Gasteiger partial charge is 0.219 e. The van der Waals surface area contributed by atoms with Crippen molar-refractivity contribution in [2.24, 2.45) is 0 Å². The van der Waals surface area contributed by atoms with Crippen molar-refractivity contribution < 1.29 is 4.79 Å². The molecule has 0 bridgehead atoms. The molecule has 2 aromatic rings. The minimum absolute atomic E-state index is 0.134. The SMILES string of the molecule is CC(=O)N1CCc2nc(C3CCN(CCCc4ccccc4)CC3)ncc2C1. The molecule has 5 nitrogen and oxygen atoms in total. The zero-order valence-electron chi connectivity index (χ0n) is 16.8. The van der Waals surface area contributed by atoms with Gasteiger partial charge >= 0.3 is 0 Å². The maximum absolute atomic E-state index is 11.6. The van der Waals surface area contributed by atoms with Crippen LogP contribution in [0.3, 0.4) is 0 Å². The number of benzene rings is 1. The van der Waals surface area contributed by atoms with Crippen LogP contribution in [0, 0.1) is 0 Å². The van der Waals surface area contributed by atoms with Crippen LogP contribution in [0.2, 0.25) is 0 Å². The number of carbonyl (C=O) groups is 1. The Kier molecular flexibility index (Phi) is 6.01. The summed E-state index contributed by atoms with van der Waals surface area (Å²) in [7, 11) is 0. The highest BCUT2D eigenvalue weighted by atomic mass is 16.2. The van der Waals surface area contributed by atoms with Gasteiger partial charge in [0, 0.05) is 44.1 Å². The van der Waals surface area contributed by atoms with E-state index in [0.717, 1.165) is 62.4 Å². The van der Waals surface area contributed by atoms with Gasteiger partial charge in [-0.3, -0.25) is 4.79 Å². The Morgan fingerprint density at radius 1 is 1.14 bits per heavy atom. The first-order valence-corrected chi connectivity index (χ1v) is 10.6. The number of piperidine rings is 1. The summed E-state index contributed by atoms with van der Waals surface area (Å²) in [5.41, 5.74) is 3.69. The molecule has 148 valence electrons. The van der Waals surface area contributed by atoms with Crippen molar-refractivity contribution >= 4 is 5.91 Å². The normalized spacial score (nSPS) is 18.1. The molecule has 0 N–H and O–H groups in total. The van der Waals surface area contributed by atoms with Crippen LogP contribution in [0.25, 0.3) is 0 Å². The molecule has 5 heteroatoms. The van der Waals surface area contributed by atoms with Crippen molar-refractivity contribution in [3.8, 4) is 0 Å². The van der Waals surface area contributed by atoms with E-state index in [1.54, 1.807) is 6.92 Å². The summed E-state index contributed by atoms with van der Waals surface area (Å²) in [6, 6.07) is 10.8. The molecule has 1 aromatic heterocycles. The molecule has 1 amide bonds. The molecular formula is C23H30N4O. The number of fused-ring (bicyclic) bond motifs is 1. The van der Waals surface area contributed by atoms with Crippen molar-refractivity contribution in [3.63, 3.8) is 0 Å². The molecule has 0 saturated carbocycles. The molecule has 1 aromatic carbocycles. The number of aromatic nitrogens is 2. The fraction of sp³-hybridized carbons (Fsp3) is 0.522. The van der Waals surface area contributed by atoms with Crippen LogP contribution < -0.4 is 0 Å². The highest BCUT2D eigenvalue weighted by Gasteiger charge is 2.25. The number of hydrogen-bond acceptors (Lipinski definition) is 4. The zero-order valence-corrected chi connectivity index (χ0v) is 16.8. The van der Waals surface area contributed by atoms with E-state index in [-0.39, 0.29) is 5.91 Å². The molecule has 3 heterocycles. The summed E-state index contributed by atoms with van der Waals surface area (Å²) in [6.07, 6.45) is 7.47. The maximum Gasteiger partial charge on any atom is 0.219 e. The second kappa shape index (κ2) is 8.82. The molecule has 0 aliphatic carbocycles. The molecular weight excluding hydrogens is 348 g/mol. The lowest BCUT2D eigenvalue weighted by Gasteiger charge is -2.32. The summed E-state index contributed by atoms with van der Waals surface area (Å²) >= 11 is 0.